The summed E-state index contributed by atoms with van der Waals surface area (Å²) in [7, 11) is 0. The number of carbonyl (C=O) groups is 4. The Labute approximate surface area is 228 Å². The number of phenols is 3. The summed E-state index contributed by atoms with van der Waals surface area (Å²) < 4.78 is 10.7. The summed E-state index contributed by atoms with van der Waals surface area (Å²) in [5.41, 5.74) is -2.21. The van der Waals surface area contributed by atoms with E-state index in [0.29, 0.717) is 6.42 Å². The number of esters is 2. The summed E-state index contributed by atoms with van der Waals surface area (Å²) in [6.07, 6.45) is 0.392. The van der Waals surface area contributed by atoms with Crippen LogP contribution in [0.4, 0.5) is 0 Å². The highest BCUT2D eigenvalue weighted by Crippen LogP contribution is 2.46. The van der Waals surface area contributed by atoms with Crippen LogP contribution < -0.4 is 4.74 Å². The highest BCUT2D eigenvalue weighted by atomic mass is 16.5. The normalized spacial score (nSPS) is 10.5. The highest BCUT2D eigenvalue weighted by Gasteiger charge is 2.37. The molecule has 40 heavy (non-hydrogen) atoms. The minimum absolute atomic E-state index is 0.0338. The molecule has 0 aromatic heterocycles. The molecule has 4 rings (SSSR count). The first-order valence-corrected chi connectivity index (χ1v) is 12.2. The van der Waals surface area contributed by atoms with Crippen molar-refractivity contribution in [3.63, 3.8) is 0 Å². The van der Waals surface area contributed by atoms with Crippen LogP contribution in [0.5, 0.6) is 23.0 Å². The second kappa shape index (κ2) is 12.0. The van der Waals surface area contributed by atoms with Gasteiger partial charge in [-0.1, -0.05) is 67.6 Å². The zero-order valence-electron chi connectivity index (χ0n) is 21.3. The third-order valence-electron chi connectivity index (χ3n) is 5.85. The minimum atomic E-state index is -1.17. The van der Waals surface area contributed by atoms with E-state index in [9.17, 15) is 34.5 Å². The Morgan fingerprint density at radius 1 is 0.625 bits per heavy atom. The molecule has 0 radical (unpaired) electrons. The Morgan fingerprint density at radius 2 is 1.20 bits per heavy atom. The van der Waals surface area contributed by atoms with Crippen molar-refractivity contribution >= 4 is 23.5 Å². The van der Waals surface area contributed by atoms with Crippen LogP contribution in [-0.2, 0) is 4.74 Å². The molecule has 0 spiro atoms. The molecule has 0 atom stereocenters. The van der Waals surface area contributed by atoms with Gasteiger partial charge in [-0.05, 0) is 30.7 Å². The molecule has 4 aromatic rings. The van der Waals surface area contributed by atoms with Crippen molar-refractivity contribution in [2.45, 2.75) is 13.3 Å². The van der Waals surface area contributed by atoms with Crippen LogP contribution in [0.3, 0.4) is 0 Å². The molecule has 0 amide bonds. The maximum atomic E-state index is 13.9. The van der Waals surface area contributed by atoms with E-state index in [1.54, 1.807) is 43.3 Å². The standard InChI is InChI=1S/C31H24O9/c1-2-16-39-31(38)22-23(25(33)18-10-5-3-6-11-18)27(35)28(36)29(40-30(37)19-12-7-4-8-13-19)24(22)26(34)20-14-9-15-21(32)17-20/h3-15,17,32,35-36H,2,16H2,1H3. The number of ether oxygens (including phenoxy) is 2. The van der Waals surface area contributed by atoms with E-state index in [0.717, 1.165) is 6.07 Å². The molecule has 3 N–H and O–H groups in total. The number of phenolic OH excluding ortho intramolecular Hbond substituents is 3. The Kier molecular flexibility index (Phi) is 8.24. The Morgan fingerprint density at radius 3 is 1.80 bits per heavy atom. The van der Waals surface area contributed by atoms with Gasteiger partial charge >= 0.3 is 11.9 Å². The van der Waals surface area contributed by atoms with Crippen LogP contribution >= 0.6 is 0 Å². The van der Waals surface area contributed by atoms with Gasteiger partial charge in [0.15, 0.2) is 23.1 Å². The topological polar surface area (TPSA) is 147 Å². The van der Waals surface area contributed by atoms with Gasteiger partial charge in [0.25, 0.3) is 0 Å². The maximum Gasteiger partial charge on any atom is 0.343 e. The highest BCUT2D eigenvalue weighted by molar-refractivity contribution is 6.24. The van der Waals surface area contributed by atoms with Crippen LogP contribution in [-0.4, -0.2) is 45.4 Å². The van der Waals surface area contributed by atoms with Crippen LogP contribution in [0.15, 0.2) is 84.9 Å². The quantitative estimate of drug-likeness (QED) is 0.115. The fourth-order valence-electron chi connectivity index (χ4n) is 3.96. The van der Waals surface area contributed by atoms with Crippen molar-refractivity contribution in [1.29, 1.82) is 0 Å². The molecule has 0 heterocycles. The number of hydrogen-bond acceptors (Lipinski definition) is 9. The molecule has 9 nitrogen and oxygen atoms in total. The minimum Gasteiger partial charge on any atom is -0.508 e. The van der Waals surface area contributed by atoms with Crippen molar-refractivity contribution in [2.24, 2.45) is 0 Å². The van der Waals surface area contributed by atoms with Crippen molar-refractivity contribution in [2.75, 3.05) is 6.61 Å². The predicted molar refractivity (Wildman–Crippen MR) is 143 cm³/mol. The van der Waals surface area contributed by atoms with Gasteiger partial charge in [0.2, 0.25) is 5.75 Å². The van der Waals surface area contributed by atoms with Crippen molar-refractivity contribution in [1.82, 2.24) is 0 Å². The summed E-state index contributed by atoms with van der Waals surface area (Å²) in [6.45, 7) is 1.63. The average Bonchev–Trinajstić information content (AvgIpc) is 2.98. The summed E-state index contributed by atoms with van der Waals surface area (Å²) >= 11 is 0. The van der Waals surface area contributed by atoms with E-state index in [-0.39, 0.29) is 29.0 Å². The molecule has 0 saturated carbocycles. The molecule has 0 fully saturated rings. The SMILES string of the molecule is CCCOC(=O)c1c(C(=O)c2ccccc2)c(O)c(O)c(OC(=O)c2ccccc2)c1C(=O)c1cccc(O)c1. The lowest BCUT2D eigenvalue weighted by atomic mass is 9.88. The van der Waals surface area contributed by atoms with Crippen LogP contribution in [0.25, 0.3) is 0 Å². The summed E-state index contributed by atoms with van der Waals surface area (Å²) in [4.78, 5) is 53.9. The van der Waals surface area contributed by atoms with E-state index >= 15 is 0 Å². The lowest BCUT2D eigenvalue weighted by Crippen LogP contribution is -2.21. The largest absolute Gasteiger partial charge is 0.508 e. The Hall–Kier alpha value is -5.44. The van der Waals surface area contributed by atoms with Gasteiger partial charge in [-0.25, -0.2) is 9.59 Å². The van der Waals surface area contributed by atoms with Gasteiger partial charge in [0.1, 0.15) is 5.75 Å². The molecule has 0 aliphatic rings. The molecule has 202 valence electrons. The van der Waals surface area contributed by atoms with Crippen LogP contribution in [0.2, 0.25) is 0 Å². The zero-order chi connectivity index (χ0) is 28.8. The van der Waals surface area contributed by atoms with Crippen molar-refractivity contribution < 1.29 is 44.0 Å². The number of hydrogen-bond donors (Lipinski definition) is 3. The van der Waals surface area contributed by atoms with E-state index in [2.05, 4.69) is 0 Å². The maximum absolute atomic E-state index is 13.9. The first-order valence-electron chi connectivity index (χ1n) is 12.2. The summed E-state index contributed by atoms with van der Waals surface area (Å²) in [6, 6.07) is 20.3. The second-order valence-corrected chi connectivity index (χ2v) is 8.62. The Balaban J connectivity index is 2.05. The molecule has 0 saturated heterocycles. The summed E-state index contributed by atoms with van der Waals surface area (Å²) in [5.74, 6) is -7.41. The smallest absolute Gasteiger partial charge is 0.343 e. The lowest BCUT2D eigenvalue weighted by molar-refractivity contribution is 0.0496. The van der Waals surface area contributed by atoms with Gasteiger partial charge in [0, 0.05) is 11.1 Å². The van der Waals surface area contributed by atoms with E-state index in [4.69, 9.17) is 9.47 Å². The number of aromatic hydroxyl groups is 3. The third-order valence-corrected chi connectivity index (χ3v) is 5.85. The zero-order valence-corrected chi connectivity index (χ0v) is 21.3. The molecule has 4 aromatic carbocycles. The van der Waals surface area contributed by atoms with Crippen LogP contribution in [0.1, 0.15) is 65.9 Å². The molecule has 0 aliphatic heterocycles. The van der Waals surface area contributed by atoms with Gasteiger partial charge in [-0.15, -0.1) is 0 Å². The van der Waals surface area contributed by atoms with E-state index < -0.39 is 57.4 Å². The molecular formula is C31H24O9. The van der Waals surface area contributed by atoms with Crippen molar-refractivity contribution in [3.8, 4) is 23.0 Å². The number of carbonyl (C=O) groups excluding carboxylic acids is 4. The predicted octanol–water partition coefficient (Wildman–Crippen LogP) is 5.05. The number of ketones is 2. The molecule has 0 bridgehead atoms. The number of rotatable bonds is 9. The Bertz CT molecular complexity index is 1590. The second-order valence-electron chi connectivity index (χ2n) is 8.62. The van der Waals surface area contributed by atoms with Crippen LogP contribution in [0, 0.1) is 0 Å². The van der Waals surface area contributed by atoms with Gasteiger partial charge in [-0.2, -0.15) is 0 Å². The average molecular weight is 541 g/mol. The van der Waals surface area contributed by atoms with Crippen molar-refractivity contribution in [3.05, 3.63) is 118 Å². The van der Waals surface area contributed by atoms with E-state index in [1.165, 1.54) is 42.5 Å². The van der Waals surface area contributed by atoms with E-state index in [1.807, 2.05) is 0 Å². The monoisotopic (exact) mass is 540 g/mol. The first-order chi connectivity index (χ1) is 19.2. The fourth-order valence-corrected chi connectivity index (χ4v) is 3.96. The molecule has 0 aliphatic carbocycles. The van der Waals surface area contributed by atoms with Gasteiger partial charge in [-0.3, -0.25) is 9.59 Å². The lowest BCUT2D eigenvalue weighted by Gasteiger charge is -2.20. The third kappa shape index (κ3) is 5.53. The van der Waals surface area contributed by atoms with Gasteiger partial charge in [0.05, 0.1) is 28.9 Å². The number of benzene rings is 4. The fraction of sp³-hybridized carbons (Fsp3) is 0.0968. The molecule has 0 unspecified atom stereocenters. The molecule has 9 heteroatoms. The summed E-state index contributed by atoms with van der Waals surface area (Å²) in [5, 5.41) is 32.1. The molecular weight excluding hydrogens is 516 g/mol. The van der Waals surface area contributed by atoms with Gasteiger partial charge < -0.3 is 24.8 Å². The first kappa shape index (κ1) is 27.6.